The Labute approximate surface area is 113 Å². The van der Waals surface area contributed by atoms with Gasteiger partial charge in [0.15, 0.2) is 0 Å². The minimum atomic E-state index is 0.0661. The molecule has 0 radical (unpaired) electrons. The maximum atomic E-state index is 12.0. The van der Waals surface area contributed by atoms with Gasteiger partial charge in [0.05, 0.1) is 5.69 Å². The van der Waals surface area contributed by atoms with Gasteiger partial charge in [-0.15, -0.1) is 0 Å². The summed E-state index contributed by atoms with van der Waals surface area (Å²) in [4.78, 5) is 16.1. The Hall–Kier alpha value is -1.94. The van der Waals surface area contributed by atoms with E-state index < -0.39 is 0 Å². The van der Waals surface area contributed by atoms with Crippen LogP contribution >= 0.6 is 0 Å². The SMILES string of the molecule is Cc1ccc(CCC(=O)n2cnc(CCN)c2)cc1. The van der Waals surface area contributed by atoms with Gasteiger partial charge in [0.25, 0.3) is 0 Å². The summed E-state index contributed by atoms with van der Waals surface area (Å²) >= 11 is 0. The van der Waals surface area contributed by atoms with Crippen LogP contribution in [-0.4, -0.2) is 22.0 Å². The molecule has 1 aromatic carbocycles. The molecule has 0 unspecified atom stereocenters. The molecular weight excluding hydrogens is 238 g/mol. The topological polar surface area (TPSA) is 60.9 Å². The zero-order chi connectivity index (χ0) is 13.7. The predicted molar refractivity (Wildman–Crippen MR) is 75.1 cm³/mol. The summed E-state index contributed by atoms with van der Waals surface area (Å²) in [6.07, 6.45) is 5.29. The van der Waals surface area contributed by atoms with Crippen molar-refractivity contribution in [1.29, 1.82) is 0 Å². The first-order valence-electron chi connectivity index (χ1n) is 6.50. The van der Waals surface area contributed by atoms with E-state index in [1.807, 2.05) is 0 Å². The van der Waals surface area contributed by atoms with Gasteiger partial charge in [-0.3, -0.25) is 9.36 Å². The van der Waals surface area contributed by atoms with E-state index in [2.05, 4.69) is 36.2 Å². The largest absolute Gasteiger partial charge is 0.330 e. The maximum Gasteiger partial charge on any atom is 0.232 e. The number of hydrogen-bond donors (Lipinski definition) is 1. The molecular formula is C15H19N3O. The molecule has 0 aliphatic carbocycles. The molecule has 0 bridgehead atoms. The van der Waals surface area contributed by atoms with E-state index in [1.54, 1.807) is 17.1 Å². The number of imidazole rings is 1. The number of hydrogen-bond acceptors (Lipinski definition) is 3. The van der Waals surface area contributed by atoms with Crippen molar-refractivity contribution < 1.29 is 4.79 Å². The minimum Gasteiger partial charge on any atom is -0.330 e. The van der Waals surface area contributed by atoms with Crippen molar-refractivity contribution in [1.82, 2.24) is 9.55 Å². The second-order valence-corrected chi connectivity index (χ2v) is 4.69. The average Bonchev–Trinajstić information content (AvgIpc) is 2.87. The molecule has 2 rings (SSSR count). The third-order valence-electron chi connectivity index (χ3n) is 3.07. The first kappa shape index (κ1) is 13.5. The summed E-state index contributed by atoms with van der Waals surface area (Å²) in [6, 6.07) is 8.26. The molecule has 0 aliphatic rings. The molecule has 0 amide bonds. The lowest BCUT2D eigenvalue weighted by Crippen LogP contribution is -2.09. The number of nitrogens with two attached hydrogens (primary N) is 1. The monoisotopic (exact) mass is 257 g/mol. The number of aromatic nitrogens is 2. The molecule has 100 valence electrons. The highest BCUT2D eigenvalue weighted by atomic mass is 16.2. The lowest BCUT2D eigenvalue weighted by Gasteiger charge is -2.02. The summed E-state index contributed by atoms with van der Waals surface area (Å²) in [5, 5.41) is 0. The maximum absolute atomic E-state index is 12.0. The third kappa shape index (κ3) is 3.76. The van der Waals surface area contributed by atoms with Gasteiger partial charge in [-0.1, -0.05) is 29.8 Å². The lowest BCUT2D eigenvalue weighted by atomic mass is 10.1. The lowest BCUT2D eigenvalue weighted by molar-refractivity contribution is 0.0902. The quantitative estimate of drug-likeness (QED) is 0.890. The molecule has 1 heterocycles. The molecule has 19 heavy (non-hydrogen) atoms. The molecule has 4 nitrogen and oxygen atoms in total. The van der Waals surface area contributed by atoms with E-state index in [0.29, 0.717) is 19.4 Å². The minimum absolute atomic E-state index is 0.0661. The number of aryl methyl sites for hydroxylation is 2. The first-order valence-corrected chi connectivity index (χ1v) is 6.50. The molecule has 4 heteroatoms. The Morgan fingerprint density at radius 1 is 1.26 bits per heavy atom. The van der Waals surface area contributed by atoms with Crippen molar-refractivity contribution in [3.05, 3.63) is 53.6 Å². The fourth-order valence-electron chi connectivity index (χ4n) is 1.91. The van der Waals surface area contributed by atoms with Crippen LogP contribution in [0.4, 0.5) is 0 Å². The van der Waals surface area contributed by atoms with Crippen molar-refractivity contribution in [3.63, 3.8) is 0 Å². The highest BCUT2D eigenvalue weighted by Gasteiger charge is 2.06. The van der Waals surface area contributed by atoms with Crippen LogP contribution in [0.15, 0.2) is 36.8 Å². The number of carbonyl (C=O) groups is 1. The fourth-order valence-corrected chi connectivity index (χ4v) is 1.91. The summed E-state index contributed by atoms with van der Waals surface area (Å²) < 4.78 is 1.55. The number of carbonyl (C=O) groups excluding carboxylic acids is 1. The van der Waals surface area contributed by atoms with Crippen molar-refractivity contribution in [2.45, 2.75) is 26.2 Å². The Bertz CT molecular complexity index is 543. The molecule has 0 fully saturated rings. The first-order chi connectivity index (χ1) is 9.19. The summed E-state index contributed by atoms with van der Waals surface area (Å²) in [6.45, 7) is 2.61. The van der Waals surface area contributed by atoms with Gasteiger partial charge in [-0.05, 0) is 25.5 Å². The molecule has 0 spiro atoms. The van der Waals surface area contributed by atoms with Crippen LogP contribution in [-0.2, 0) is 12.8 Å². The Morgan fingerprint density at radius 2 is 2.00 bits per heavy atom. The van der Waals surface area contributed by atoms with Crippen molar-refractivity contribution in [2.75, 3.05) is 6.54 Å². The van der Waals surface area contributed by atoms with Crippen LogP contribution in [0.2, 0.25) is 0 Å². The average molecular weight is 257 g/mol. The van der Waals surface area contributed by atoms with Crippen LogP contribution in [0.25, 0.3) is 0 Å². The molecule has 1 aromatic heterocycles. The van der Waals surface area contributed by atoms with E-state index in [-0.39, 0.29) is 5.91 Å². The van der Waals surface area contributed by atoms with Crippen LogP contribution in [0, 0.1) is 6.92 Å². The second kappa shape index (κ2) is 6.29. The van der Waals surface area contributed by atoms with Crippen molar-refractivity contribution in [3.8, 4) is 0 Å². The smallest absolute Gasteiger partial charge is 0.232 e. The molecule has 0 atom stereocenters. The van der Waals surface area contributed by atoms with Crippen LogP contribution in [0.1, 0.15) is 28.0 Å². The molecule has 0 saturated carbocycles. The Balaban J connectivity index is 1.91. The molecule has 2 aromatic rings. The van der Waals surface area contributed by atoms with E-state index in [1.165, 1.54) is 11.1 Å². The second-order valence-electron chi connectivity index (χ2n) is 4.69. The number of rotatable bonds is 5. The van der Waals surface area contributed by atoms with Crippen LogP contribution in [0.5, 0.6) is 0 Å². The van der Waals surface area contributed by atoms with Gasteiger partial charge in [0, 0.05) is 19.0 Å². The third-order valence-corrected chi connectivity index (χ3v) is 3.07. The van der Waals surface area contributed by atoms with Gasteiger partial charge < -0.3 is 5.73 Å². The molecule has 0 aliphatic heterocycles. The van der Waals surface area contributed by atoms with Gasteiger partial charge in [0.2, 0.25) is 5.91 Å². The van der Waals surface area contributed by atoms with Crippen molar-refractivity contribution >= 4 is 5.91 Å². The van der Waals surface area contributed by atoms with Gasteiger partial charge >= 0.3 is 0 Å². The van der Waals surface area contributed by atoms with Crippen LogP contribution in [0.3, 0.4) is 0 Å². The van der Waals surface area contributed by atoms with Gasteiger partial charge in [-0.25, -0.2) is 4.98 Å². The summed E-state index contributed by atoms with van der Waals surface area (Å²) in [5.41, 5.74) is 8.74. The Morgan fingerprint density at radius 3 is 2.68 bits per heavy atom. The summed E-state index contributed by atoms with van der Waals surface area (Å²) in [7, 11) is 0. The fraction of sp³-hybridized carbons (Fsp3) is 0.333. The highest BCUT2D eigenvalue weighted by molar-refractivity contribution is 5.78. The highest BCUT2D eigenvalue weighted by Crippen LogP contribution is 2.07. The van der Waals surface area contributed by atoms with Gasteiger partial charge in [0.1, 0.15) is 6.33 Å². The van der Waals surface area contributed by atoms with E-state index in [0.717, 1.165) is 12.1 Å². The zero-order valence-electron chi connectivity index (χ0n) is 11.2. The number of nitrogens with zero attached hydrogens (tertiary/aromatic N) is 2. The van der Waals surface area contributed by atoms with Gasteiger partial charge in [-0.2, -0.15) is 0 Å². The summed E-state index contributed by atoms with van der Waals surface area (Å²) in [5.74, 6) is 0.0661. The number of benzene rings is 1. The standard InChI is InChI=1S/C15H19N3O/c1-12-2-4-13(5-3-12)6-7-15(19)18-10-14(8-9-16)17-11-18/h2-5,10-11H,6-9,16H2,1H3. The molecule has 0 saturated heterocycles. The van der Waals surface area contributed by atoms with E-state index >= 15 is 0 Å². The predicted octanol–water partition coefficient (Wildman–Crippen LogP) is 1.97. The van der Waals surface area contributed by atoms with Crippen molar-refractivity contribution in [2.24, 2.45) is 5.73 Å². The van der Waals surface area contributed by atoms with Crippen LogP contribution < -0.4 is 5.73 Å². The normalized spacial score (nSPS) is 10.6. The van der Waals surface area contributed by atoms with E-state index in [9.17, 15) is 4.79 Å². The zero-order valence-corrected chi connectivity index (χ0v) is 11.2. The van der Waals surface area contributed by atoms with E-state index in [4.69, 9.17) is 5.73 Å². The molecule has 2 N–H and O–H groups in total. The Kier molecular flexibility index (Phi) is 4.47.